The Morgan fingerprint density at radius 3 is 2.53 bits per heavy atom. The number of hydrogen-bond acceptors (Lipinski definition) is 10. The highest BCUT2D eigenvalue weighted by Crippen LogP contribution is 2.19. The molecule has 11 heteroatoms. The summed E-state index contributed by atoms with van der Waals surface area (Å²) in [5, 5.41) is 11.7. The fourth-order valence-electron chi connectivity index (χ4n) is 2.02. The number of aliphatic hydroxyl groups is 1. The maximum Gasteiger partial charge on any atom is 0.409 e. The summed E-state index contributed by atoms with van der Waals surface area (Å²) < 4.78 is 15.1. The lowest BCUT2D eigenvalue weighted by Gasteiger charge is -2.22. The zero-order valence-electron chi connectivity index (χ0n) is 17.4. The summed E-state index contributed by atoms with van der Waals surface area (Å²) in [6.07, 6.45) is 5.56. The van der Waals surface area contributed by atoms with Gasteiger partial charge in [0.05, 0.1) is 26.2 Å². The number of nitrogens with one attached hydrogen (secondary N) is 1. The quantitative estimate of drug-likeness (QED) is 0.101. The van der Waals surface area contributed by atoms with E-state index in [1.165, 1.54) is 26.5 Å². The zero-order chi connectivity index (χ0) is 22.5. The number of ether oxygens (including phenoxy) is 3. The lowest BCUT2D eigenvalue weighted by Crippen LogP contribution is -2.36. The van der Waals surface area contributed by atoms with Gasteiger partial charge < -0.3 is 29.5 Å². The van der Waals surface area contributed by atoms with Crippen molar-refractivity contribution in [2.24, 2.45) is 0 Å². The van der Waals surface area contributed by atoms with Gasteiger partial charge in [-0.2, -0.15) is 0 Å². The molecule has 0 spiro atoms. The molecule has 0 aromatic carbocycles. The van der Waals surface area contributed by atoms with Crippen molar-refractivity contribution in [3.63, 3.8) is 0 Å². The second kappa shape index (κ2) is 20.7. The summed E-state index contributed by atoms with van der Waals surface area (Å²) in [7, 11) is 3.01. The van der Waals surface area contributed by atoms with E-state index in [0.717, 1.165) is 0 Å². The van der Waals surface area contributed by atoms with E-state index >= 15 is 0 Å². The van der Waals surface area contributed by atoms with Crippen molar-refractivity contribution < 1.29 is 33.7 Å². The number of esters is 2. The van der Waals surface area contributed by atoms with Crippen molar-refractivity contribution in [3.8, 4) is 12.3 Å². The standard InChI is InChI=1S/C19H32N2O7S2/c1-3-5-12-27-17(23)7-10-21(9-6-8-20-16-18(24)26-4-2)19(25)28-13-15-30-29-14-11-22/h1,20,22H,4-16H2,2H3. The fourth-order valence-corrected chi connectivity index (χ4v) is 3.62. The maximum absolute atomic E-state index is 12.3. The van der Waals surface area contributed by atoms with Gasteiger partial charge in [0.25, 0.3) is 0 Å². The second-order valence-electron chi connectivity index (χ2n) is 5.73. The van der Waals surface area contributed by atoms with Crippen molar-refractivity contribution in [2.45, 2.75) is 26.2 Å². The molecule has 0 unspecified atom stereocenters. The monoisotopic (exact) mass is 464 g/mol. The SMILES string of the molecule is C#CCCOC(=O)CCN(CCCNCC(=O)OCC)C(=O)OCCSSCCO. The lowest BCUT2D eigenvalue weighted by atomic mass is 10.3. The minimum Gasteiger partial charge on any atom is -0.465 e. The highest BCUT2D eigenvalue weighted by atomic mass is 33.1. The summed E-state index contributed by atoms with van der Waals surface area (Å²) in [5.41, 5.74) is 0. The molecule has 0 heterocycles. The Bertz CT molecular complexity index is 530. The Morgan fingerprint density at radius 1 is 1.07 bits per heavy atom. The molecule has 0 fully saturated rings. The van der Waals surface area contributed by atoms with E-state index in [0.29, 0.717) is 44.0 Å². The summed E-state index contributed by atoms with van der Waals surface area (Å²) >= 11 is 0. The van der Waals surface area contributed by atoms with Crippen LogP contribution in [0.1, 0.15) is 26.2 Å². The first-order valence-electron chi connectivity index (χ1n) is 9.77. The van der Waals surface area contributed by atoms with E-state index in [9.17, 15) is 14.4 Å². The minimum atomic E-state index is -0.510. The van der Waals surface area contributed by atoms with Crippen LogP contribution in [0.3, 0.4) is 0 Å². The van der Waals surface area contributed by atoms with E-state index < -0.39 is 12.1 Å². The predicted octanol–water partition coefficient (Wildman–Crippen LogP) is 1.30. The molecular weight excluding hydrogens is 432 g/mol. The van der Waals surface area contributed by atoms with Crippen LogP contribution in [-0.2, 0) is 23.8 Å². The largest absolute Gasteiger partial charge is 0.465 e. The normalized spacial score (nSPS) is 10.2. The maximum atomic E-state index is 12.3. The van der Waals surface area contributed by atoms with Crippen LogP contribution in [0.2, 0.25) is 0 Å². The molecule has 0 saturated heterocycles. The molecule has 0 saturated carbocycles. The number of amides is 1. The van der Waals surface area contributed by atoms with Crippen LogP contribution in [0.25, 0.3) is 0 Å². The summed E-state index contributed by atoms with van der Waals surface area (Å²) in [6.45, 7) is 3.68. The van der Waals surface area contributed by atoms with Gasteiger partial charge in [-0.1, -0.05) is 21.6 Å². The van der Waals surface area contributed by atoms with Gasteiger partial charge in [-0.25, -0.2) is 4.79 Å². The number of terminal acetylenes is 1. The number of carbonyl (C=O) groups excluding carboxylic acids is 3. The third-order valence-electron chi connectivity index (χ3n) is 3.36. The molecule has 0 aromatic rings. The van der Waals surface area contributed by atoms with Crippen molar-refractivity contribution >= 4 is 39.6 Å². The summed E-state index contributed by atoms with van der Waals surface area (Å²) in [6, 6.07) is 0. The number of aliphatic hydroxyl groups excluding tert-OH is 1. The molecule has 0 aliphatic heterocycles. The van der Waals surface area contributed by atoms with Gasteiger partial charge in [0.15, 0.2) is 0 Å². The second-order valence-corrected chi connectivity index (χ2v) is 8.43. The highest BCUT2D eigenvalue weighted by molar-refractivity contribution is 8.76. The Labute approximate surface area is 186 Å². The third-order valence-corrected chi connectivity index (χ3v) is 5.71. The van der Waals surface area contributed by atoms with Crippen LogP contribution >= 0.6 is 21.6 Å². The topological polar surface area (TPSA) is 114 Å². The summed E-state index contributed by atoms with van der Waals surface area (Å²) in [5.74, 6) is 2.83. The lowest BCUT2D eigenvalue weighted by molar-refractivity contribution is -0.144. The van der Waals surface area contributed by atoms with E-state index in [1.807, 2.05) is 0 Å². The van der Waals surface area contributed by atoms with Crippen molar-refractivity contribution in [2.75, 3.05) is 64.1 Å². The molecule has 0 radical (unpaired) electrons. The Balaban J connectivity index is 4.32. The van der Waals surface area contributed by atoms with Gasteiger partial charge >= 0.3 is 18.0 Å². The van der Waals surface area contributed by atoms with Crippen LogP contribution in [0.4, 0.5) is 4.79 Å². The molecule has 30 heavy (non-hydrogen) atoms. The average molecular weight is 465 g/mol. The third kappa shape index (κ3) is 17.3. The highest BCUT2D eigenvalue weighted by Gasteiger charge is 2.17. The Morgan fingerprint density at radius 2 is 1.83 bits per heavy atom. The van der Waals surface area contributed by atoms with Gasteiger partial charge in [-0.15, -0.1) is 12.3 Å². The first kappa shape index (κ1) is 28.4. The number of nitrogens with zero attached hydrogens (tertiary/aromatic N) is 1. The van der Waals surface area contributed by atoms with Gasteiger partial charge in [-0.3, -0.25) is 9.59 Å². The fraction of sp³-hybridized carbons (Fsp3) is 0.737. The molecule has 9 nitrogen and oxygen atoms in total. The van der Waals surface area contributed by atoms with E-state index in [1.54, 1.807) is 6.92 Å². The zero-order valence-corrected chi connectivity index (χ0v) is 19.1. The van der Waals surface area contributed by atoms with Crippen LogP contribution in [-0.4, -0.2) is 92.2 Å². The number of rotatable bonds is 18. The minimum absolute atomic E-state index is 0.0387. The molecule has 0 atom stereocenters. The van der Waals surface area contributed by atoms with Crippen LogP contribution < -0.4 is 5.32 Å². The van der Waals surface area contributed by atoms with E-state index in [4.69, 9.17) is 25.7 Å². The predicted molar refractivity (Wildman–Crippen MR) is 118 cm³/mol. The number of hydrogen-bond donors (Lipinski definition) is 2. The van der Waals surface area contributed by atoms with Crippen molar-refractivity contribution in [3.05, 3.63) is 0 Å². The van der Waals surface area contributed by atoms with Crippen LogP contribution in [0.15, 0.2) is 0 Å². The summed E-state index contributed by atoms with van der Waals surface area (Å²) in [4.78, 5) is 36.8. The molecule has 0 aliphatic carbocycles. The molecule has 0 aromatic heterocycles. The molecule has 172 valence electrons. The Hall–Kier alpha value is -1.61. The smallest absolute Gasteiger partial charge is 0.409 e. The van der Waals surface area contributed by atoms with E-state index in [2.05, 4.69) is 11.2 Å². The van der Waals surface area contributed by atoms with Crippen LogP contribution in [0, 0.1) is 12.3 Å². The van der Waals surface area contributed by atoms with Gasteiger partial charge in [0.2, 0.25) is 0 Å². The van der Waals surface area contributed by atoms with E-state index in [-0.39, 0.29) is 45.3 Å². The van der Waals surface area contributed by atoms with Gasteiger partial charge in [0, 0.05) is 31.0 Å². The molecule has 1 amide bonds. The molecule has 0 bridgehead atoms. The average Bonchev–Trinajstić information content (AvgIpc) is 2.72. The molecule has 0 rings (SSSR count). The molecule has 2 N–H and O–H groups in total. The molecule has 0 aliphatic rings. The van der Waals surface area contributed by atoms with Crippen molar-refractivity contribution in [1.29, 1.82) is 0 Å². The number of carbonyl (C=O) groups is 3. The first-order valence-corrected chi connectivity index (χ1v) is 12.3. The van der Waals surface area contributed by atoms with Crippen LogP contribution in [0.5, 0.6) is 0 Å². The van der Waals surface area contributed by atoms with Crippen molar-refractivity contribution in [1.82, 2.24) is 10.2 Å². The Kier molecular flexibility index (Phi) is 19.5. The molecular formula is C19H32N2O7S2. The first-order chi connectivity index (χ1) is 14.5. The van der Waals surface area contributed by atoms with Gasteiger partial charge in [0.1, 0.15) is 13.2 Å². The van der Waals surface area contributed by atoms with Gasteiger partial charge in [-0.05, 0) is 19.9 Å².